The van der Waals surface area contributed by atoms with Gasteiger partial charge >= 0.3 is 0 Å². The molecule has 0 bridgehead atoms. The summed E-state index contributed by atoms with van der Waals surface area (Å²) in [5, 5.41) is 0. The molecule has 0 aliphatic rings. The molecule has 1 aromatic carbocycles. The molecule has 1 aromatic rings. The number of hydrogen-bond acceptors (Lipinski definition) is 2. The van der Waals surface area contributed by atoms with Crippen LogP contribution in [-0.2, 0) is 0 Å². The van der Waals surface area contributed by atoms with Crippen molar-refractivity contribution in [2.45, 2.75) is 19.8 Å². The van der Waals surface area contributed by atoms with E-state index >= 15 is 0 Å². The topological polar surface area (TPSA) is 26.3 Å². The van der Waals surface area contributed by atoms with E-state index in [0.717, 1.165) is 16.3 Å². The van der Waals surface area contributed by atoms with Crippen LogP contribution in [-0.4, -0.2) is 13.4 Å². The summed E-state index contributed by atoms with van der Waals surface area (Å²) in [5.74, 6) is 0.930. The van der Waals surface area contributed by atoms with Gasteiger partial charge in [-0.2, -0.15) is 0 Å². The summed E-state index contributed by atoms with van der Waals surface area (Å²) in [6.07, 6.45) is 0.848. The molecule has 0 aliphatic heterocycles. The number of rotatable bonds is 3. The number of carbonyl (C=O) groups is 1. The second kappa shape index (κ2) is 4.60. The van der Waals surface area contributed by atoms with Crippen LogP contribution in [0.15, 0.2) is 16.6 Å². The molecule has 0 atom stereocenters. The number of ether oxygens (including phenoxy) is 1. The molecule has 0 aromatic heterocycles. The highest BCUT2D eigenvalue weighted by atomic mass is 79.9. The fourth-order valence-electron chi connectivity index (χ4n) is 1.39. The highest BCUT2D eigenvalue weighted by Crippen LogP contribution is 2.30. The molecular formula is C11H13BrO2. The average molecular weight is 257 g/mol. The third-order valence-electron chi connectivity index (χ3n) is 2.10. The van der Waals surface area contributed by atoms with Crippen molar-refractivity contribution in [2.24, 2.45) is 0 Å². The largest absolute Gasteiger partial charge is 0.496 e. The summed E-state index contributed by atoms with van der Waals surface area (Å²) < 4.78 is 6.08. The first-order valence-corrected chi connectivity index (χ1v) is 5.22. The van der Waals surface area contributed by atoms with Crippen molar-refractivity contribution in [1.29, 1.82) is 0 Å². The first-order valence-electron chi connectivity index (χ1n) is 4.42. The third-order valence-corrected chi connectivity index (χ3v) is 2.56. The quantitative estimate of drug-likeness (QED) is 0.776. The lowest BCUT2D eigenvalue weighted by Crippen LogP contribution is -1.99. The zero-order chi connectivity index (χ0) is 10.7. The van der Waals surface area contributed by atoms with Gasteiger partial charge in [-0.3, -0.25) is 4.79 Å². The number of hydrogen-bond donors (Lipinski definition) is 0. The van der Waals surface area contributed by atoms with Crippen LogP contribution in [0.1, 0.15) is 35.7 Å². The summed E-state index contributed by atoms with van der Waals surface area (Å²) in [7, 11) is 1.57. The van der Waals surface area contributed by atoms with E-state index in [0.29, 0.717) is 17.2 Å². The molecule has 0 N–H and O–H groups in total. The van der Waals surface area contributed by atoms with Gasteiger partial charge in [0, 0.05) is 4.47 Å². The molecule has 0 heterocycles. The Hall–Kier alpha value is -0.830. The molecule has 0 amide bonds. The van der Waals surface area contributed by atoms with E-state index in [9.17, 15) is 4.79 Å². The van der Waals surface area contributed by atoms with Crippen molar-refractivity contribution in [2.75, 3.05) is 7.11 Å². The average Bonchev–Trinajstić information content (AvgIpc) is 2.16. The number of halogens is 1. The molecule has 2 nitrogen and oxygen atoms in total. The van der Waals surface area contributed by atoms with E-state index in [1.165, 1.54) is 0 Å². The standard InChI is InChI=1S/C11H13BrO2/c1-7(2)9-4-8(12)5-11(14-3)10(9)6-13/h4-7H,1-3H3. The van der Waals surface area contributed by atoms with Gasteiger partial charge in [0.15, 0.2) is 6.29 Å². The summed E-state index contributed by atoms with van der Waals surface area (Å²) in [5.41, 5.74) is 1.65. The van der Waals surface area contributed by atoms with Gasteiger partial charge < -0.3 is 4.74 Å². The van der Waals surface area contributed by atoms with Crippen LogP contribution in [0.2, 0.25) is 0 Å². The van der Waals surface area contributed by atoms with Gasteiger partial charge in [0.2, 0.25) is 0 Å². The molecule has 76 valence electrons. The minimum Gasteiger partial charge on any atom is -0.496 e. The fourth-order valence-corrected chi connectivity index (χ4v) is 1.84. The Kier molecular flexibility index (Phi) is 3.69. The third kappa shape index (κ3) is 2.15. The Morgan fingerprint density at radius 1 is 1.43 bits per heavy atom. The van der Waals surface area contributed by atoms with Crippen molar-refractivity contribution >= 4 is 22.2 Å². The summed E-state index contributed by atoms with van der Waals surface area (Å²) in [4.78, 5) is 10.9. The van der Waals surface area contributed by atoms with Crippen molar-refractivity contribution in [3.05, 3.63) is 27.7 Å². The van der Waals surface area contributed by atoms with Crippen LogP contribution in [0.3, 0.4) is 0 Å². The monoisotopic (exact) mass is 256 g/mol. The van der Waals surface area contributed by atoms with E-state index in [1.807, 2.05) is 19.9 Å². The molecule has 0 saturated heterocycles. The van der Waals surface area contributed by atoms with E-state index in [2.05, 4.69) is 15.9 Å². The smallest absolute Gasteiger partial charge is 0.154 e. The lowest BCUT2D eigenvalue weighted by Gasteiger charge is -2.12. The first-order chi connectivity index (χ1) is 6.60. The van der Waals surface area contributed by atoms with Crippen molar-refractivity contribution < 1.29 is 9.53 Å². The number of carbonyl (C=O) groups excluding carboxylic acids is 1. The predicted molar refractivity (Wildman–Crippen MR) is 60.2 cm³/mol. The van der Waals surface area contributed by atoms with E-state index in [-0.39, 0.29) is 0 Å². The Morgan fingerprint density at radius 2 is 2.07 bits per heavy atom. The van der Waals surface area contributed by atoms with Crippen molar-refractivity contribution in [3.8, 4) is 5.75 Å². The molecule has 0 radical (unpaired) electrons. The minimum absolute atomic E-state index is 0.307. The molecule has 14 heavy (non-hydrogen) atoms. The Balaban J connectivity index is 3.39. The number of aldehydes is 1. The van der Waals surface area contributed by atoms with Gasteiger partial charge in [-0.15, -0.1) is 0 Å². The Bertz CT molecular complexity index is 345. The first kappa shape index (κ1) is 11.2. The molecule has 0 fully saturated rings. The zero-order valence-electron chi connectivity index (χ0n) is 8.50. The molecule has 1 rings (SSSR count). The molecule has 3 heteroatoms. The maximum atomic E-state index is 10.9. The Labute approximate surface area is 92.4 Å². The molecule has 0 unspecified atom stereocenters. The van der Waals surface area contributed by atoms with Gasteiger partial charge in [-0.05, 0) is 23.6 Å². The van der Waals surface area contributed by atoms with Gasteiger partial charge in [-0.1, -0.05) is 29.8 Å². The summed E-state index contributed by atoms with van der Waals surface area (Å²) >= 11 is 3.39. The predicted octanol–water partition coefficient (Wildman–Crippen LogP) is 3.39. The van der Waals surface area contributed by atoms with Crippen LogP contribution >= 0.6 is 15.9 Å². The van der Waals surface area contributed by atoms with Crippen LogP contribution in [0.25, 0.3) is 0 Å². The van der Waals surface area contributed by atoms with Crippen molar-refractivity contribution in [3.63, 3.8) is 0 Å². The van der Waals surface area contributed by atoms with Crippen LogP contribution < -0.4 is 4.74 Å². The van der Waals surface area contributed by atoms with Crippen molar-refractivity contribution in [1.82, 2.24) is 0 Å². The summed E-state index contributed by atoms with van der Waals surface area (Å²) in [6.45, 7) is 4.10. The van der Waals surface area contributed by atoms with Crippen LogP contribution in [0.5, 0.6) is 5.75 Å². The highest BCUT2D eigenvalue weighted by molar-refractivity contribution is 9.10. The Morgan fingerprint density at radius 3 is 2.50 bits per heavy atom. The molecular weight excluding hydrogens is 244 g/mol. The minimum atomic E-state index is 0.307. The van der Waals surface area contributed by atoms with Gasteiger partial charge in [0.05, 0.1) is 12.7 Å². The van der Waals surface area contributed by atoms with E-state index in [1.54, 1.807) is 13.2 Å². The van der Waals surface area contributed by atoms with Crippen LogP contribution in [0.4, 0.5) is 0 Å². The van der Waals surface area contributed by atoms with Crippen LogP contribution in [0, 0.1) is 0 Å². The highest BCUT2D eigenvalue weighted by Gasteiger charge is 2.12. The fraction of sp³-hybridized carbons (Fsp3) is 0.364. The lowest BCUT2D eigenvalue weighted by molar-refractivity contribution is 0.111. The van der Waals surface area contributed by atoms with E-state index < -0.39 is 0 Å². The molecule has 0 aliphatic carbocycles. The summed E-state index contributed by atoms with van der Waals surface area (Å²) in [6, 6.07) is 3.76. The SMILES string of the molecule is COc1cc(Br)cc(C(C)C)c1C=O. The zero-order valence-corrected chi connectivity index (χ0v) is 10.1. The number of benzene rings is 1. The van der Waals surface area contributed by atoms with Gasteiger partial charge in [0.1, 0.15) is 5.75 Å². The van der Waals surface area contributed by atoms with Gasteiger partial charge in [-0.25, -0.2) is 0 Å². The second-order valence-electron chi connectivity index (χ2n) is 3.38. The second-order valence-corrected chi connectivity index (χ2v) is 4.30. The number of methoxy groups -OCH3 is 1. The normalized spacial score (nSPS) is 10.4. The molecule has 0 spiro atoms. The van der Waals surface area contributed by atoms with Gasteiger partial charge in [0.25, 0.3) is 0 Å². The maximum absolute atomic E-state index is 10.9. The maximum Gasteiger partial charge on any atom is 0.154 e. The molecule has 0 saturated carbocycles. The van der Waals surface area contributed by atoms with E-state index in [4.69, 9.17) is 4.74 Å². The lowest BCUT2D eigenvalue weighted by atomic mass is 9.97.